The Labute approximate surface area is 266 Å². The molecule has 1 amide bonds. The van der Waals surface area contributed by atoms with Gasteiger partial charge in [0.05, 0.1) is 23.4 Å². The van der Waals surface area contributed by atoms with Gasteiger partial charge in [-0.1, -0.05) is 13.3 Å². The lowest BCUT2D eigenvalue weighted by atomic mass is 10.0. The van der Waals surface area contributed by atoms with Crippen LogP contribution in [0.3, 0.4) is 0 Å². The second-order valence-electron chi connectivity index (χ2n) is 11.6. The molecule has 3 N–H and O–H groups in total. The van der Waals surface area contributed by atoms with Crippen LogP contribution in [0, 0.1) is 0 Å². The molecule has 1 atom stereocenters. The minimum Gasteiger partial charge on any atom is -0.493 e. The van der Waals surface area contributed by atoms with Crippen molar-refractivity contribution in [2.24, 2.45) is 7.05 Å². The summed E-state index contributed by atoms with van der Waals surface area (Å²) in [5, 5.41) is 8.19. The number of hydrogen-bond donors (Lipinski definition) is 3. The number of aromatic nitrogens is 6. The predicted octanol–water partition coefficient (Wildman–Crippen LogP) is 3.73. The highest BCUT2D eigenvalue weighted by atomic mass is 16.8. The number of rotatable bonds is 11. The fraction of sp³-hybridized carbons (Fsp3) is 0.500. The van der Waals surface area contributed by atoms with Crippen molar-refractivity contribution in [3.63, 3.8) is 0 Å². The number of fused-ring (bicyclic) bond motifs is 1. The first-order valence-electron chi connectivity index (χ1n) is 16.1. The Morgan fingerprint density at radius 2 is 1.93 bits per heavy atom. The Bertz CT molecular complexity index is 1710. The number of hydroxylamine groups is 1. The Hall–Kier alpha value is -4.56. The zero-order valence-electron chi connectivity index (χ0n) is 26.5. The number of piperidine rings is 1. The summed E-state index contributed by atoms with van der Waals surface area (Å²) in [6.07, 6.45) is 8.74. The second kappa shape index (κ2) is 14.3. The highest BCUT2D eigenvalue weighted by molar-refractivity contribution is 5.92. The van der Waals surface area contributed by atoms with Crippen LogP contribution in [0.25, 0.3) is 22.4 Å². The van der Waals surface area contributed by atoms with E-state index in [1.54, 1.807) is 11.7 Å². The van der Waals surface area contributed by atoms with Gasteiger partial charge < -0.3 is 24.7 Å². The quantitative estimate of drug-likeness (QED) is 0.207. The number of ether oxygens (including phenoxy) is 2. The molecular formula is C32H41N9O5. The third-order valence-corrected chi connectivity index (χ3v) is 8.25. The van der Waals surface area contributed by atoms with Gasteiger partial charge in [0.15, 0.2) is 11.8 Å². The summed E-state index contributed by atoms with van der Waals surface area (Å²) < 4.78 is 13.0. The van der Waals surface area contributed by atoms with Crippen LogP contribution in [0.4, 0.5) is 11.6 Å². The van der Waals surface area contributed by atoms with Crippen LogP contribution in [0.15, 0.2) is 35.4 Å². The topological polar surface area (TPSA) is 161 Å². The Kier molecular flexibility index (Phi) is 9.73. The highest BCUT2D eigenvalue weighted by Crippen LogP contribution is 2.32. The molecule has 0 saturated carbocycles. The molecule has 0 aliphatic carbocycles. The molecule has 6 rings (SSSR count). The van der Waals surface area contributed by atoms with E-state index in [9.17, 15) is 9.59 Å². The molecule has 0 radical (unpaired) electrons. The summed E-state index contributed by atoms with van der Waals surface area (Å²) in [5.74, 6) is 1.28. The Morgan fingerprint density at radius 3 is 2.65 bits per heavy atom. The average Bonchev–Trinajstić information content (AvgIpc) is 3.40. The number of nitrogens with zero attached hydrogens (tertiary/aromatic N) is 6. The molecule has 2 fully saturated rings. The van der Waals surface area contributed by atoms with Gasteiger partial charge in [-0.3, -0.25) is 14.3 Å². The highest BCUT2D eigenvalue weighted by Gasteiger charge is 2.23. The SMILES string of the molecule is CCCc1nn(C)c2c(=O)[nH]c(-c3cc(NC4CCN(c5ncc(C(=O)NOC6CCCCO6)cn5)CC4)ccc3OCC)nc12. The molecule has 5 heterocycles. The van der Waals surface area contributed by atoms with Crippen molar-refractivity contribution < 1.29 is 19.1 Å². The number of anilines is 2. The fourth-order valence-corrected chi connectivity index (χ4v) is 5.91. The van der Waals surface area contributed by atoms with E-state index in [0.29, 0.717) is 52.9 Å². The Morgan fingerprint density at radius 1 is 1.13 bits per heavy atom. The van der Waals surface area contributed by atoms with E-state index in [1.165, 1.54) is 12.4 Å². The summed E-state index contributed by atoms with van der Waals surface area (Å²) in [5.41, 5.74) is 6.05. The lowest BCUT2D eigenvalue weighted by Gasteiger charge is -2.33. The number of hydrogen-bond acceptors (Lipinski definition) is 11. The monoisotopic (exact) mass is 631 g/mol. The molecular weight excluding hydrogens is 590 g/mol. The van der Waals surface area contributed by atoms with Crippen molar-refractivity contribution >= 4 is 28.6 Å². The number of carbonyl (C=O) groups is 1. The first-order valence-corrected chi connectivity index (χ1v) is 16.1. The molecule has 46 heavy (non-hydrogen) atoms. The van der Waals surface area contributed by atoms with Crippen molar-refractivity contribution in [3.05, 3.63) is 52.2 Å². The van der Waals surface area contributed by atoms with E-state index in [0.717, 1.165) is 69.4 Å². The molecule has 1 unspecified atom stereocenters. The van der Waals surface area contributed by atoms with E-state index in [-0.39, 0.29) is 11.6 Å². The van der Waals surface area contributed by atoms with E-state index in [4.69, 9.17) is 19.3 Å². The normalized spacial score (nSPS) is 17.3. The van der Waals surface area contributed by atoms with Gasteiger partial charge in [0.25, 0.3) is 11.5 Å². The average molecular weight is 632 g/mol. The lowest BCUT2D eigenvalue weighted by molar-refractivity contribution is -0.186. The van der Waals surface area contributed by atoms with Crippen LogP contribution < -0.4 is 26.0 Å². The van der Waals surface area contributed by atoms with Gasteiger partial charge in [0.2, 0.25) is 5.95 Å². The van der Waals surface area contributed by atoms with Gasteiger partial charge in [-0.2, -0.15) is 5.10 Å². The first kappa shape index (κ1) is 31.4. The third kappa shape index (κ3) is 6.97. The van der Waals surface area contributed by atoms with Crippen molar-refractivity contribution in [2.45, 2.75) is 71.1 Å². The molecule has 2 saturated heterocycles. The molecule has 14 nitrogen and oxygen atoms in total. The van der Waals surface area contributed by atoms with Gasteiger partial charge in [-0.15, -0.1) is 0 Å². The fourth-order valence-electron chi connectivity index (χ4n) is 5.91. The van der Waals surface area contributed by atoms with Crippen LogP contribution in [-0.4, -0.2) is 74.3 Å². The number of aryl methyl sites for hydroxylation is 2. The lowest BCUT2D eigenvalue weighted by Crippen LogP contribution is -2.40. The predicted molar refractivity (Wildman–Crippen MR) is 173 cm³/mol. The number of amides is 1. The van der Waals surface area contributed by atoms with Crippen LogP contribution in [0.1, 0.15) is 68.4 Å². The van der Waals surface area contributed by atoms with E-state index < -0.39 is 12.2 Å². The zero-order valence-corrected chi connectivity index (χ0v) is 26.5. The number of carbonyl (C=O) groups excluding carboxylic acids is 1. The van der Waals surface area contributed by atoms with Gasteiger partial charge >= 0.3 is 0 Å². The minimum atomic E-state index is -0.419. The van der Waals surface area contributed by atoms with Gasteiger partial charge in [-0.05, 0) is 57.2 Å². The van der Waals surface area contributed by atoms with Crippen molar-refractivity contribution in [1.29, 1.82) is 0 Å². The van der Waals surface area contributed by atoms with Crippen LogP contribution >= 0.6 is 0 Å². The summed E-state index contributed by atoms with van der Waals surface area (Å²) in [6, 6.07) is 6.10. The maximum absolute atomic E-state index is 13.1. The molecule has 1 aromatic carbocycles. The first-order chi connectivity index (χ1) is 22.4. The van der Waals surface area contributed by atoms with Crippen molar-refractivity contribution in [1.82, 2.24) is 35.2 Å². The summed E-state index contributed by atoms with van der Waals surface area (Å²) in [7, 11) is 1.77. The molecule has 0 spiro atoms. The third-order valence-electron chi connectivity index (χ3n) is 8.25. The molecule has 3 aromatic heterocycles. The van der Waals surface area contributed by atoms with Crippen molar-refractivity contribution in [3.8, 4) is 17.1 Å². The summed E-state index contributed by atoms with van der Waals surface area (Å²) >= 11 is 0. The summed E-state index contributed by atoms with van der Waals surface area (Å²) in [4.78, 5) is 49.7. The van der Waals surface area contributed by atoms with Crippen molar-refractivity contribution in [2.75, 3.05) is 36.5 Å². The van der Waals surface area contributed by atoms with Gasteiger partial charge in [0.1, 0.15) is 17.1 Å². The van der Waals surface area contributed by atoms with Gasteiger partial charge in [0, 0.05) is 57.3 Å². The molecule has 14 heteroatoms. The smallest absolute Gasteiger partial charge is 0.278 e. The van der Waals surface area contributed by atoms with Crippen LogP contribution in [0.2, 0.25) is 0 Å². The van der Waals surface area contributed by atoms with Crippen LogP contribution in [0.5, 0.6) is 5.75 Å². The number of H-pyrrole nitrogens is 1. The Balaban J connectivity index is 1.10. The molecule has 0 bridgehead atoms. The zero-order chi connectivity index (χ0) is 32.0. The molecule has 4 aromatic rings. The summed E-state index contributed by atoms with van der Waals surface area (Å²) in [6.45, 7) is 6.63. The van der Waals surface area contributed by atoms with E-state index in [1.807, 2.05) is 25.1 Å². The maximum Gasteiger partial charge on any atom is 0.278 e. The number of benzene rings is 1. The minimum absolute atomic E-state index is 0.218. The number of aromatic amines is 1. The van der Waals surface area contributed by atoms with Gasteiger partial charge in [-0.25, -0.2) is 25.3 Å². The number of nitrogens with one attached hydrogen (secondary N) is 3. The largest absolute Gasteiger partial charge is 0.493 e. The second-order valence-corrected chi connectivity index (χ2v) is 11.6. The maximum atomic E-state index is 13.1. The van der Waals surface area contributed by atoms with E-state index in [2.05, 4.69) is 42.7 Å². The molecule has 2 aliphatic heterocycles. The van der Waals surface area contributed by atoms with E-state index >= 15 is 0 Å². The van der Waals surface area contributed by atoms with Crippen LogP contribution in [-0.2, 0) is 23.0 Å². The standard InChI is InChI=1S/C32H41N9O5/c1-4-8-24-27-28(40(3)38-24)31(43)37-29(36-27)23-17-22(10-11-25(23)44-5-2)35-21-12-14-41(15-13-21)32-33-18-20(19-34-32)30(42)39-46-26-9-6-7-16-45-26/h10-11,17-19,21,26,35H,4-9,12-16H2,1-3H3,(H,39,42)(H,36,37,43). The molecule has 244 valence electrons. The molecule has 2 aliphatic rings.